The third-order valence-corrected chi connectivity index (χ3v) is 4.16. The summed E-state index contributed by atoms with van der Waals surface area (Å²) >= 11 is 0. The van der Waals surface area contributed by atoms with Crippen molar-refractivity contribution in [1.82, 2.24) is 15.0 Å². The number of para-hydroxylation sites is 1. The van der Waals surface area contributed by atoms with Crippen molar-refractivity contribution in [2.75, 3.05) is 10.6 Å². The van der Waals surface area contributed by atoms with E-state index in [9.17, 15) is 0 Å². The fourth-order valence-electron chi connectivity index (χ4n) is 2.77. The minimum absolute atomic E-state index is 0.577. The molecule has 4 aromatic rings. The lowest BCUT2D eigenvalue weighted by molar-refractivity contribution is 0.483. The molecule has 144 valence electrons. The van der Waals surface area contributed by atoms with Gasteiger partial charge in [-0.05, 0) is 61.0 Å². The Kier molecular flexibility index (Phi) is 5.62. The molecular weight excluding hydrogens is 362 g/mol. The summed E-state index contributed by atoms with van der Waals surface area (Å²) in [5, 5.41) is 6.57. The summed E-state index contributed by atoms with van der Waals surface area (Å²) in [5.74, 6) is 2.89. The van der Waals surface area contributed by atoms with E-state index >= 15 is 0 Å². The van der Waals surface area contributed by atoms with E-state index < -0.39 is 0 Å². The predicted molar refractivity (Wildman–Crippen MR) is 115 cm³/mol. The highest BCUT2D eigenvalue weighted by Gasteiger charge is 2.04. The zero-order valence-corrected chi connectivity index (χ0v) is 16.0. The summed E-state index contributed by atoms with van der Waals surface area (Å²) in [6.45, 7) is 2.58. The lowest BCUT2D eigenvalue weighted by Gasteiger charge is -2.11. The summed E-state index contributed by atoms with van der Waals surface area (Å²) < 4.78 is 5.83. The molecule has 0 amide bonds. The number of aryl methyl sites for hydroxylation is 1. The Hall–Kier alpha value is -3.93. The van der Waals surface area contributed by atoms with Crippen LogP contribution in [0.1, 0.15) is 11.3 Å². The maximum Gasteiger partial charge on any atom is 0.225 e. The average Bonchev–Trinajstić information content (AvgIpc) is 2.75. The Morgan fingerprint density at radius 1 is 0.828 bits per heavy atom. The van der Waals surface area contributed by atoms with E-state index in [1.165, 1.54) is 0 Å². The third-order valence-electron chi connectivity index (χ3n) is 4.16. The van der Waals surface area contributed by atoms with Crippen LogP contribution in [0.25, 0.3) is 0 Å². The maximum absolute atomic E-state index is 5.83. The van der Waals surface area contributed by atoms with Gasteiger partial charge >= 0.3 is 0 Å². The van der Waals surface area contributed by atoms with Gasteiger partial charge in [0, 0.05) is 36.4 Å². The van der Waals surface area contributed by atoms with Gasteiger partial charge in [0.05, 0.1) is 0 Å². The van der Waals surface area contributed by atoms with E-state index in [4.69, 9.17) is 4.74 Å². The third kappa shape index (κ3) is 5.29. The molecule has 4 rings (SSSR count). The van der Waals surface area contributed by atoms with Crippen molar-refractivity contribution in [3.05, 3.63) is 96.4 Å². The Morgan fingerprint density at radius 2 is 1.55 bits per heavy atom. The lowest BCUT2D eigenvalue weighted by Crippen LogP contribution is -2.06. The molecular formula is C23H21N5O. The van der Waals surface area contributed by atoms with Crippen molar-refractivity contribution in [3.63, 3.8) is 0 Å². The molecule has 0 saturated heterocycles. The van der Waals surface area contributed by atoms with Crippen LogP contribution in [0.15, 0.2) is 85.2 Å². The number of pyridine rings is 1. The average molecular weight is 383 g/mol. The minimum Gasteiger partial charge on any atom is -0.457 e. The largest absolute Gasteiger partial charge is 0.457 e. The molecule has 2 heterocycles. The van der Waals surface area contributed by atoms with Gasteiger partial charge in [0.15, 0.2) is 0 Å². The van der Waals surface area contributed by atoms with E-state index in [-0.39, 0.29) is 0 Å². The molecule has 0 aliphatic rings. The highest BCUT2D eigenvalue weighted by molar-refractivity contribution is 5.58. The van der Waals surface area contributed by atoms with Gasteiger partial charge in [-0.2, -0.15) is 4.98 Å². The molecule has 2 aromatic carbocycles. The second kappa shape index (κ2) is 8.84. The van der Waals surface area contributed by atoms with Gasteiger partial charge in [-0.1, -0.05) is 18.2 Å². The number of benzene rings is 2. The van der Waals surface area contributed by atoms with Gasteiger partial charge in [-0.3, -0.25) is 4.98 Å². The number of aromatic nitrogens is 3. The van der Waals surface area contributed by atoms with Crippen LogP contribution in [0.4, 0.5) is 17.5 Å². The number of rotatable bonds is 7. The number of nitrogens with one attached hydrogen (secondary N) is 2. The first-order valence-corrected chi connectivity index (χ1v) is 9.33. The molecule has 0 unspecified atom stereocenters. The highest BCUT2D eigenvalue weighted by Crippen LogP contribution is 2.24. The second-order valence-corrected chi connectivity index (χ2v) is 6.49. The first kappa shape index (κ1) is 18.4. The topological polar surface area (TPSA) is 72.0 Å². The molecule has 29 heavy (non-hydrogen) atoms. The summed E-state index contributed by atoms with van der Waals surface area (Å²) in [5.41, 5.74) is 2.92. The summed E-state index contributed by atoms with van der Waals surface area (Å²) in [6.07, 6.45) is 3.54. The van der Waals surface area contributed by atoms with Crippen molar-refractivity contribution in [1.29, 1.82) is 0 Å². The van der Waals surface area contributed by atoms with Gasteiger partial charge < -0.3 is 15.4 Å². The van der Waals surface area contributed by atoms with Crippen LogP contribution in [-0.2, 0) is 6.54 Å². The summed E-state index contributed by atoms with van der Waals surface area (Å²) in [7, 11) is 0. The molecule has 0 spiro atoms. The molecule has 0 fully saturated rings. The molecule has 0 aliphatic heterocycles. The van der Waals surface area contributed by atoms with E-state index in [1.54, 1.807) is 12.4 Å². The second-order valence-electron chi connectivity index (χ2n) is 6.49. The standard InChI is InChI=1S/C23H21N5O/c1-17-15-22(28-23(26-17)25-16-18-11-13-24-14-12-18)27-19-7-9-21(10-8-19)29-20-5-3-2-4-6-20/h2-15H,16H2,1H3,(H2,25,26,27,28). The first-order valence-electron chi connectivity index (χ1n) is 9.33. The summed E-state index contributed by atoms with van der Waals surface area (Å²) in [6, 6.07) is 23.3. The number of nitrogens with zero attached hydrogens (tertiary/aromatic N) is 3. The number of hydrogen-bond donors (Lipinski definition) is 2. The smallest absolute Gasteiger partial charge is 0.225 e. The molecule has 6 nitrogen and oxygen atoms in total. The molecule has 0 atom stereocenters. The van der Waals surface area contributed by atoms with Crippen molar-refractivity contribution in [2.45, 2.75) is 13.5 Å². The number of hydrogen-bond acceptors (Lipinski definition) is 6. The fraction of sp³-hybridized carbons (Fsp3) is 0.0870. The Bertz CT molecular complexity index is 1050. The summed E-state index contributed by atoms with van der Waals surface area (Å²) in [4.78, 5) is 13.0. The van der Waals surface area contributed by atoms with Gasteiger partial charge in [0.25, 0.3) is 0 Å². The van der Waals surface area contributed by atoms with Crippen LogP contribution < -0.4 is 15.4 Å². The zero-order chi connectivity index (χ0) is 19.9. The predicted octanol–water partition coefficient (Wildman–Crippen LogP) is 5.33. The molecule has 0 radical (unpaired) electrons. The van der Waals surface area contributed by atoms with Crippen LogP contribution >= 0.6 is 0 Å². The molecule has 2 N–H and O–H groups in total. The van der Waals surface area contributed by atoms with E-state index in [2.05, 4.69) is 25.6 Å². The SMILES string of the molecule is Cc1cc(Nc2ccc(Oc3ccccc3)cc2)nc(NCc2ccncc2)n1. The maximum atomic E-state index is 5.83. The first-order chi connectivity index (χ1) is 14.2. The number of ether oxygens (including phenoxy) is 1. The van der Waals surface area contributed by atoms with Gasteiger partial charge in [0.1, 0.15) is 17.3 Å². The highest BCUT2D eigenvalue weighted by atomic mass is 16.5. The molecule has 2 aromatic heterocycles. The molecule has 0 bridgehead atoms. The van der Waals surface area contributed by atoms with Crippen LogP contribution in [0, 0.1) is 6.92 Å². The monoisotopic (exact) mass is 383 g/mol. The van der Waals surface area contributed by atoms with Crippen LogP contribution in [0.2, 0.25) is 0 Å². The van der Waals surface area contributed by atoms with Crippen molar-refractivity contribution in [2.24, 2.45) is 0 Å². The van der Waals surface area contributed by atoms with Gasteiger partial charge in [-0.25, -0.2) is 4.98 Å². The quantitative estimate of drug-likeness (QED) is 0.449. The van der Waals surface area contributed by atoms with Gasteiger partial charge in [-0.15, -0.1) is 0 Å². The molecule has 0 saturated carbocycles. The van der Waals surface area contributed by atoms with Crippen LogP contribution in [-0.4, -0.2) is 15.0 Å². The number of anilines is 3. The van der Waals surface area contributed by atoms with Gasteiger partial charge in [0.2, 0.25) is 5.95 Å². The van der Waals surface area contributed by atoms with Crippen molar-refractivity contribution in [3.8, 4) is 11.5 Å². The molecule has 6 heteroatoms. The van der Waals surface area contributed by atoms with Crippen molar-refractivity contribution < 1.29 is 4.74 Å². The Morgan fingerprint density at radius 3 is 2.31 bits per heavy atom. The zero-order valence-electron chi connectivity index (χ0n) is 16.0. The van der Waals surface area contributed by atoms with Crippen LogP contribution in [0.5, 0.6) is 11.5 Å². The minimum atomic E-state index is 0.577. The fourth-order valence-corrected chi connectivity index (χ4v) is 2.77. The van der Waals surface area contributed by atoms with E-state index in [0.717, 1.165) is 34.3 Å². The molecule has 0 aliphatic carbocycles. The van der Waals surface area contributed by atoms with E-state index in [1.807, 2.05) is 79.7 Å². The lowest BCUT2D eigenvalue weighted by atomic mass is 10.3. The normalized spacial score (nSPS) is 10.4. The van der Waals surface area contributed by atoms with E-state index in [0.29, 0.717) is 12.5 Å². The van der Waals surface area contributed by atoms with Crippen LogP contribution in [0.3, 0.4) is 0 Å². The Labute approximate surface area is 169 Å². The van der Waals surface area contributed by atoms with Crippen molar-refractivity contribution >= 4 is 17.5 Å². The Balaban J connectivity index is 1.41.